The van der Waals surface area contributed by atoms with Crippen LogP contribution in [-0.2, 0) is 0 Å². The van der Waals surface area contributed by atoms with Crippen molar-refractivity contribution in [2.75, 3.05) is 0 Å². The Morgan fingerprint density at radius 3 is 1.77 bits per heavy atom. The summed E-state index contributed by atoms with van der Waals surface area (Å²) >= 11 is 0. The van der Waals surface area contributed by atoms with Crippen molar-refractivity contribution in [1.82, 2.24) is 19.5 Å². The molecule has 0 radical (unpaired) electrons. The molecule has 0 spiro atoms. The third-order valence-corrected chi connectivity index (χ3v) is 12.6. The molecule has 0 aliphatic rings. The highest BCUT2D eigenvalue weighted by molar-refractivity contribution is 6.25. The summed E-state index contributed by atoms with van der Waals surface area (Å²) in [5.74, 6) is 1.78. The molecule has 0 bridgehead atoms. The molecule has 0 saturated heterocycles. The zero-order chi connectivity index (χ0) is 42.1. The molecule has 3 heterocycles. The van der Waals surface area contributed by atoms with E-state index >= 15 is 0 Å². The van der Waals surface area contributed by atoms with Crippen LogP contribution in [0, 0.1) is 0 Å². The largest absolute Gasteiger partial charge is 0.454 e. The van der Waals surface area contributed by atoms with Crippen molar-refractivity contribution in [2.45, 2.75) is 0 Å². The zero-order valence-electron chi connectivity index (χ0n) is 34.5. The van der Waals surface area contributed by atoms with Gasteiger partial charge in [0.1, 0.15) is 5.58 Å². The molecule has 5 nitrogen and oxygen atoms in total. The number of nitrogens with zero attached hydrogens (tertiary/aromatic N) is 4. The molecule has 298 valence electrons. The van der Waals surface area contributed by atoms with Gasteiger partial charge in [0.15, 0.2) is 23.1 Å². The standard InChI is InChI=1S/C59H36N4O/c1-3-16-37(17-4-1)41-22-13-23-42(34-41)57-60-58(43-33-32-38-18-7-8-21-40(38)35-43)62-59(61-57)48-28-15-31-53-55(48)47-27-14-30-51(56(47)64-53)63-50-29-12-11-26-46(50)54-45-25-10-9-24-44(45)49(36-52(54)63)39-19-5-2-6-20-39/h1-36H. The normalized spacial score (nSPS) is 11.8. The Bertz CT molecular complexity index is 3960. The summed E-state index contributed by atoms with van der Waals surface area (Å²) < 4.78 is 9.40. The van der Waals surface area contributed by atoms with Crippen LogP contribution in [-0.4, -0.2) is 19.5 Å². The Hall–Kier alpha value is -8.67. The van der Waals surface area contributed by atoms with Gasteiger partial charge < -0.3 is 8.98 Å². The second kappa shape index (κ2) is 14.5. The molecule has 0 unspecified atom stereocenters. The predicted molar refractivity (Wildman–Crippen MR) is 264 cm³/mol. The number of para-hydroxylation sites is 2. The van der Waals surface area contributed by atoms with E-state index in [0.717, 1.165) is 77.2 Å². The van der Waals surface area contributed by atoms with Crippen LogP contribution in [0.25, 0.3) is 127 Å². The van der Waals surface area contributed by atoms with Crippen molar-refractivity contribution < 1.29 is 4.42 Å². The topological polar surface area (TPSA) is 56.7 Å². The fourth-order valence-corrected chi connectivity index (χ4v) is 9.69. The summed E-state index contributed by atoms with van der Waals surface area (Å²) in [5, 5.41) is 9.08. The lowest BCUT2D eigenvalue weighted by Gasteiger charge is -2.12. The lowest BCUT2D eigenvalue weighted by Crippen LogP contribution is -2.00. The van der Waals surface area contributed by atoms with Gasteiger partial charge in [0.2, 0.25) is 0 Å². The molecular formula is C59H36N4O. The van der Waals surface area contributed by atoms with Gasteiger partial charge in [-0.3, -0.25) is 0 Å². The van der Waals surface area contributed by atoms with Crippen molar-refractivity contribution >= 4 is 65.3 Å². The molecule has 0 fully saturated rings. The number of benzene rings is 10. The third-order valence-electron chi connectivity index (χ3n) is 12.6. The fourth-order valence-electron chi connectivity index (χ4n) is 9.69. The molecule has 0 aliphatic heterocycles. The third kappa shape index (κ3) is 5.75. The van der Waals surface area contributed by atoms with Gasteiger partial charge in [-0.1, -0.05) is 182 Å². The number of aromatic nitrogens is 4. The summed E-state index contributed by atoms with van der Waals surface area (Å²) in [6.45, 7) is 0. The Labute approximate surface area is 368 Å². The van der Waals surface area contributed by atoms with Crippen LogP contribution in [0.4, 0.5) is 0 Å². The first-order valence-electron chi connectivity index (χ1n) is 21.6. The first-order valence-corrected chi connectivity index (χ1v) is 21.6. The van der Waals surface area contributed by atoms with Crippen LogP contribution in [0.1, 0.15) is 0 Å². The van der Waals surface area contributed by atoms with Gasteiger partial charge in [0, 0.05) is 38.2 Å². The minimum atomic E-state index is 0.577. The highest BCUT2D eigenvalue weighted by Gasteiger charge is 2.23. The number of hydrogen-bond acceptors (Lipinski definition) is 4. The van der Waals surface area contributed by atoms with Crippen molar-refractivity contribution in [3.05, 3.63) is 218 Å². The van der Waals surface area contributed by atoms with Crippen LogP contribution in [0.2, 0.25) is 0 Å². The molecule has 0 amide bonds. The highest BCUT2D eigenvalue weighted by Crippen LogP contribution is 2.44. The fraction of sp³-hybridized carbons (Fsp3) is 0. The lowest BCUT2D eigenvalue weighted by atomic mass is 9.95. The molecule has 0 N–H and O–H groups in total. The Morgan fingerprint density at radius 2 is 0.938 bits per heavy atom. The van der Waals surface area contributed by atoms with Gasteiger partial charge in [0.25, 0.3) is 0 Å². The van der Waals surface area contributed by atoms with E-state index in [-0.39, 0.29) is 0 Å². The summed E-state index contributed by atoms with van der Waals surface area (Å²) in [6.07, 6.45) is 0. The highest BCUT2D eigenvalue weighted by atomic mass is 16.3. The molecule has 64 heavy (non-hydrogen) atoms. The van der Waals surface area contributed by atoms with E-state index in [2.05, 4.69) is 205 Å². The molecule has 13 aromatic rings. The van der Waals surface area contributed by atoms with E-state index < -0.39 is 0 Å². The van der Waals surface area contributed by atoms with Crippen LogP contribution in [0.5, 0.6) is 0 Å². The van der Waals surface area contributed by atoms with Gasteiger partial charge >= 0.3 is 0 Å². The molecular weight excluding hydrogens is 781 g/mol. The number of rotatable bonds is 6. The van der Waals surface area contributed by atoms with Crippen molar-refractivity contribution in [1.29, 1.82) is 0 Å². The smallest absolute Gasteiger partial charge is 0.164 e. The molecule has 5 heteroatoms. The van der Waals surface area contributed by atoms with E-state index in [1.807, 2.05) is 18.2 Å². The lowest BCUT2D eigenvalue weighted by molar-refractivity contribution is 0.666. The summed E-state index contributed by atoms with van der Waals surface area (Å²) in [5.41, 5.74) is 12.0. The Balaban J connectivity index is 1.05. The van der Waals surface area contributed by atoms with Gasteiger partial charge in [0.05, 0.1) is 16.7 Å². The first-order chi connectivity index (χ1) is 31.7. The quantitative estimate of drug-likeness (QED) is 0.168. The van der Waals surface area contributed by atoms with Gasteiger partial charge in [-0.15, -0.1) is 0 Å². The Kier molecular flexibility index (Phi) is 8.15. The monoisotopic (exact) mass is 816 g/mol. The maximum atomic E-state index is 7.02. The number of furan rings is 1. The maximum absolute atomic E-state index is 7.02. The summed E-state index contributed by atoms with van der Waals surface area (Å²) in [6, 6.07) is 76.8. The van der Waals surface area contributed by atoms with E-state index in [1.54, 1.807) is 0 Å². The molecule has 0 aliphatic carbocycles. The van der Waals surface area contributed by atoms with Crippen LogP contribution in [0.15, 0.2) is 223 Å². The van der Waals surface area contributed by atoms with Crippen LogP contribution in [0.3, 0.4) is 0 Å². The number of fused-ring (bicyclic) bond motifs is 9. The molecule has 13 rings (SSSR count). The van der Waals surface area contributed by atoms with Crippen LogP contribution < -0.4 is 0 Å². The van der Waals surface area contributed by atoms with E-state index in [0.29, 0.717) is 17.5 Å². The summed E-state index contributed by atoms with van der Waals surface area (Å²) in [4.78, 5) is 15.7. The average Bonchev–Trinajstić information content (AvgIpc) is 3.93. The van der Waals surface area contributed by atoms with Crippen LogP contribution >= 0.6 is 0 Å². The SMILES string of the molecule is c1ccc(-c2cccc(-c3nc(-c4ccc5ccccc5c4)nc(-c4cccc5oc6c(-n7c8ccccc8c8c9ccccc9c(-c9ccccc9)cc87)cccc6c45)n3)c2)cc1. The molecule has 0 atom stereocenters. The molecule has 0 saturated carbocycles. The van der Waals surface area contributed by atoms with E-state index in [1.165, 1.54) is 32.7 Å². The second-order valence-corrected chi connectivity index (χ2v) is 16.3. The van der Waals surface area contributed by atoms with Gasteiger partial charge in [-0.2, -0.15) is 0 Å². The van der Waals surface area contributed by atoms with Crippen molar-refractivity contribution in [3.63, 3.8) is 0 Å². The average molecular weight is 817 g/mol. The van der Waals surface area contributed by atoms with Gasteiger partial charge in [-0.25, -0.2) is 15.0 Å². The number of hydrogen-bond donors (Lipinski definition) is 0. The van der Waals surface area contributed by atoms with E-state index in [9.17, 15) is 0 Å². The summed E-state index contributed by atoms with van der Waals surface area (Å²) in [7, 11) is 0. The second-order valence-electron chi connectivity index (χ2n) is 16.3. The Morgan fingerprint density at radius 1 is 0.328 bits per heavy atom. The van der Waals surface area contributed by atoms with E-state index in [4.69, 9.17) is 19.4 Å². The predicted octanol–water partition coefficient (Wildman–Crippen LogP) is 15.5. The van der Waals surface area contributed by atoms with Crippen molar-refractivity contribution in [2.24, 2.45) is 0 Å². The minimum Gasteiger partial charge on any atom is -0.454 e. The molecule has 3 aromatic heterocycles. The molecule has 10 aromatic carbocycles. The zero-order valence-corrected chi connectivity index (χ0v) is 34.5. The minimum absolute atomic E-state index is 0.577. The van der Waals surface area contributed by atoms with Gasteiger partial charge in [-0.05, 0) is 80.2 Å². The first kappa shape index (κ1) is 36.0. The van der Waals surface area contributed by atoms with Crippen molar-refractivity contribution in [3.8, 4) is 62.1 Å². The maximum Gasteiger partial charge on any atom is 0.164 e.